The van der Waals surface area contributed by atoms with Gasteiger partial charge in [-0.25, -0.2) is 4.39 Å². The second-order valence-corrected chi connectivity index (χ2v) is 3.20. The van der Waals surface area contributed by atoms with Crippen LogP contribution in [-0.4, -0.2) is 7.11 Å². The average molecular weight is 204 g/mol. The van der Waals surface area contributed by atoms with Crippen LogP contribution in [0.25, 0.3) is 0 Å². The Balaban J connectivity index is 3.22. The standard InChI is InChI=1S/C9H11ClFNO/c1-5(12)6-3-9(13-2)7(10)4-8(6)11/h3-5H,12H2,1-2H3/t5-/m1/s1. The van der Waals surface area contributed by atoms with E-state index in [0.717, 1.165) is 0 Å². The van der Waals surface area contributed by atoms with Gasteiger partial charge < -0.3 is 10.5 Å². The summed E-state index contributed by atoms with van der Waals surface area (Å²) in [5.41, 5.74) is 5.95. The van der Waals surface area contributed by atoms with E-state index < -0.39 is 5.82 Å². The summed E-state index contributed by atoms with van der Waals surface area (Å²) in [6, 6.07) is 2.35. The van der Waals surface area contributed by atoms with E-state index in [0.29, 0.717) is 11.3 Å². The first-order valence-corrected chi connectivity index (χ1v) is 4.22. The van der Waals surface area contributed by atoms with Gasteiger partial charge in [-0.1, -0.05) is 11.6 Å². The van der Waals surface area contributed by atoms with Gasteiger partial charge in [-0.15, -0.1) is 0 Å². The zero-order chi connectivity index (χ0) is 10.0. The third kappa shape index (κ3) is 2.11. The molecule has 2 N–H and O–H groups in total. The molecule has 4 heteroatoms. The monoisotopic (exact) mass is 203 g/mol. The molecule has 0 aliphatic rings. The van der Waals surface area contributed by atoms with E-state index in [1.165, 1.54) is 19.2 Å². The number of benzene rings is 1. The Hall–Kier alpha value is -0.800. The molecule has 1 rings (SSSR count). The van der Waals surface area contributed by atoms with Crippen LogP contribution >= 0.6 is 11.6 Å². The van der Waals surface area contributed by atoms with E-state index in [1.807, 2.05) is 0 Å². The first-order valence-electron chi connectivity index (χ1n) is 3.84. The fourth-order valence-electron chi connectivity index (χ4n) is 1.05. The van der Waals surface area contributed by atoms with Gasteiger partial charge in [0, 0.05) is 11.6 Å². The van der Waals surface area contributed by atoms with Crippen LogP contribution < -0.4 is 10.5 Å². The smallest absolute Gasteiger partial charge is 0.137 e. The molecule has 0 bridgehead atoms. The Kier molecular flexibility index (Phi) is 3.12. The molecular formula is C9H11ClFNO. The quantitative estimate of drug-likeness (QED) is 0.802. The second kappa shape index (κ2) is 3.94. The Labute approximate surface area is 81.4 Å². The van der Waals surface area contributed by atoms with Crippen LogP contribution in [0.4, 0.5) is 4.39 Å². The maximum absolute atomic E-state index is 13.2. The highest BCUT2D eigenvalue weighted by Crippen LogP contribution is 2.29. The SMILES string of the molecule is COc1cc([C@@H](C)N)c(F)cc1Cl. The molecule has 1 atom stereocenters. The van der Waals surface area contributed by atoms with Crippen molar-refractivity contribution in [3.05, 3.63) is 28.5 Å². The van der Waals surface area contributed by atoms with Crippen LogP contribution in [0.1, 0.15) is 18.5 Å². The van der Waals surface area contributed by atoms with E-state index >= 15 is 0 Å². The summed E-state index contributed by atoms with van der Waals surface area (Å²) in [5, 5.41) is 0.254. The van der Waals surface area contributed by atoms with Crippen molar-refractivity contribution in [2.75, 3.05) is 7.11 Å². The molecule has 2 nitrogen and oxygen atoms in total. The molecule has 0 radical (unpaired) electrons. The molecule has 0 aromatic heterocycles. The molecule has 0 unspecified atom stereocenters. The molecule has 1 aromatic rings. The summed E-state index contributed by atoms with van der Waals surface area (Å²) in [7, 11) is 1.48. The van der Waals surface area contributed by atoms with Crippen molar-refractivity contribution >= 4 is 11.6 Å². The van der Waals surface area contributed by atoms with Crippen LogP contribution in [0.2, 0.25) is 5.02 Å². The van der Waals surface area contributed by atoms with Gasteiger partial charge >= 0.3 is 0 Å². The predicted molar refractivity (Wildman–Crippen MR) is 50.6 cm³/mol. The second-order valence-electron chi connectivity index (χ2n) is 2.80. The minimum Gasteiger partial charge on any atom is -0.495 e. The lowest BCUT2D eigenvalue weighted by Gasteiger charge is -2.10. The Bertz CT molecular complexity index is 315. The predicted octanol–water partition coefficient (Wildman–Crippen LogP) is 2.51. The molecule has 1 aromatic carbocycles. The van der Waals surface area contributed by atoms with E-state index in [-0.39, 0.29) is 11.1 Å². The minimum absolute atomic E-state index is 0.254. The number of ether oxygens (including phenoxy) is 1. The van der Waals surface area contributed by atoms with Gasteiger partial charge in [0.05, 0.1) is 12.1 Å². The van der Waals surface area contributed by atoms with Crippen molar-refractivity contribution in [1.82, 2.24) is 0 Å². The molecule has 13 heavy (non-hydrogen) atoms. The van der Waals surface area contributed by atoms with E-state index in [9.17, 15) is 4.39 Å². The maximum Gasteiger partial charge on any atom is 0.137 e. The van der Waals surface area contributed by atoms with Crippen LogP contribution in [0, 0.1) is 5.82 Å². The lowest BCUT2D eigenvalue weighted by molar-refractivity contribution is 0.412. The lowest BCUT2D eigenvalue weighted by Crippen LogP contribution is -2.07. The number of rotatable bonds is 2. The Morgan fingerprint density at radius 3 is 2.62 bits per heavy atom. The molecule has 0 saturated carbocycles. The highest BCUT2D eigenvalue weighted by Gasteiger charge is 2.11. The number of nitrogens with two attached hydrogens (primary N) is 1. The highest BCUT2D eigenvalue weighted by molar-refractivity contribution is 6.32. The molecule has 0 aliphatic heterocycles. The molecule has 0 fully saturated rings. The number of hydrogen-bond acceptors (Lipinski definition) is 2. The summed E-state index contributed by atoms with van der Waals surface area (Å²) in [6.07, 6.45) is 0. The largest absolute Gasteiger partial charge is 0.495 e. The molecule has 0 aliphatic carbocycles. The number of hydrogen-bond donors (Lipinski definition) is 1. The summed E-state index contributed by atoms with van der Waals surface area (Å²) >= 11 is 5.70. The zero-order valence-corrected chi connectivity index (χ0v) is 8.23. The summed E-state index contributed by atoms with van der Waals surface area (Å²) in [4.78, 5) is 0. The van der Waals surface area contributed by atoms with Crippen molar-refractivity contribution in [2.24, 2.45) is 5.73 Å². The summed E-state index contributed by atoms with van der Waals surface area (Å²) < 4.78 is 18.1. The third-order valence-electron chi connectivity index (χ3n) is 1.76. The minimum atomic E-state index is -0.402. The van der Waals surface area contributed by atoms with E-state index in [4.69, 9.17) is 22.1 Å². The van der Waals surface area contributed by atoms with Crippen molar-refractivity contribution in [2.45, 2.75) is 13.0 Å². The normalized spacial score (nSPS) is 12.7. The van der Waals surface area contributed by atoms with Gasteiger partial charge in [0.2, 0.25) is 0 Å². The third-order valence-corrected chi connectivity index (χ3v) is 2.06. The summed E-state index contributed by atoms with van der Waals surface area (Å²) in [5.74, 6) is 0.0381. The van der Waals surface area contributed by atoms with Gasteiger partial charge in [-0.05, 0) is 19.1 Å². The maximum atomic E-state index is 13.2. The molecule has 0 amide bonds. The fourth-order valence-corrected chi connectivity index (χ4v) is 1.28. The van der Waals surface area contributed by atoms with Gasteiger partial charge in [-0.3, -0.25) is 0 Å². The molecule has 0 heterocycles. The highest BCUT2D eigenvalue weighted by atomic mass is 35.5. The van der Waals surface area contributed by atoms with Crippen molar-refractivity contribution in [1.29, 1.82) is 0 Å². The van der Waals surface area contributed by atoms with Gasteiger partial charge in [-0.2, -0.15) is 0 Å². The van der Waals surface area contributed by atoms with Crippen molar-refractivity contribution < 1.29 is 9.13 Å². The van der Waals surface area contributed by atoms with Crippen LogP contribution in [0.5, 0.6) is 5.75 Å². The molecule has 0 saturated heterocycles. The number of methoxy groups -OCH3 is 1. The van der Waals surface area contributed by atoms with Crippen LogP contribution in [0.15, 0.2) is 12.1 Å². The molecule has 0 spiro atoms. The first-order chi connectivity index (χ1) is 6.06. The molecular weight excluding hydrogens is 193 g/mol. The van der Waals surface area contributed by atoms with Gasteiger partial charge in [0.25, 0.3) is 0 Å². The van der Waals surface area contributed by atoms with E-state index in [1.54, 1.807) is 6.92 Å². The zero-order valence-electron chi connectivity index (χ0n) is 7.47. The van der Waals surface area contributed by atoms with Gasteiger partial charge in [0.15, 0.2) is 0 Å². The van der Waals surface area contributed by atoms with Crippen LogP contribution in [-0.2, 0) is 0 Å². The lowest BCUT2D eigenvalue weighted by atomic mass is 10.1. The van der Waals surface area contributed by atoms with Crippen LogP contribution in [0.3, 0.4) is 0 Å². The first kappa shape index (κ1) is 10.3. The number of halogens is 2. The topological polar surface area (TPSA) is 35.2 Å². The van der Waals surface area contributed by atoms with Gasteiger partial charge in [0.1, 0.15) is 11.6 Å². The molecule has 72 valence electrons. The fraction of sp³-hybridized carbons (Fsp3) is 0.333. The van der Waals surface area contributed by atoms with E-state index in [2.05, 4.69) is 0 Å². The van der Waals surface area contributed by atoms with Crippen molar-refractivity contribution in [3.63, 3.8) is 0 Å². The average Bonchev–Trinajstić information content (AvgIpc) is 2.03. The Morgan fingerprint density at radius 1 is 1.54 bits per heavy atom. The van der Waals surface area contributed by atoms with Crippen molar-refractivity contribution in [3.8, 4) is 5.75 Å². The summed E-state index contributed by atoms with van der Waals surface area (Å²) in [6.45, 7) is 1.70. The Morgan fingerprint density at radius 2 is 2.15 bits per heavy atom.